The third kappa shape index (κ3) is 3.24. The first-order valence-electron chi connectivity index (χ1n) is 8.14. The second-order valence-corrected chi connectivity index (χ2v) is 5.93. The zero-order valence-electron chi connectivity index (χ0n) is 14.8. The van der Waals surface area contributed by atoms with E-state index in [4.69, 9.17) is 14.0 Å². The third-order valence-corrected chi connectivity index (χ3v) is 4.41. The normalized spacial score (nSPS) is 16.8. The number of aromatic nitrogens is 2. The lowest BCUT2D eigenvalue weighted by molar-refractivity contribution is 0.206. The minimum atomic E-state index is -0.201. The van der Waals surface area contributed by atoms with E-state index >= 15 is 0 Å². The topological polar surface area (TPSA) is 89.7 Å². The Morgan fingerprint density at radius 1 is 1.32 bits per heavy atom. The van der Waals surface area contributed by atoms with Crippen molar-refractivity contribution in [3.63, 3.8) is 0 Å². The monoisotopic (exact) mass is 346 g/mol. The van der Waals surface area contributed by atoms with Crippen molar-refractivity contribution in [2.75, 3.05) is 26.1 Å². The van der Waals surface area contributed by atoms with Crippen molar-refractivity contribution in [2.45, 2.75) is 32.7 Å². The number of rotatable bonds is 4. The molecule has 2 aromatic heterocycles. The largest absolute Gasteiger partial charge is 0.481 e. The number of carbonyl (C=O) groups is 1. The number of likely N-dealkylation sites (tertiary alicyclic amines) is 1. The maximum absolute atomic E-state index is 12.8. The fraction of sp³-hybridized carbons (Fsp3) is 0.471. The van der Waals surface area contributed by atoms with Crippen LogP contribution in [0.1, 0.15) is 35.9 Å². The van der Waals surface area contributed by atoms with E-state index in [-0.39, 0.29) is 12.1 Å². The highest BCUT2D eigenvalue weighted by Gasteiger charge is 2.34. The first kappa shape index (κ1) is 17.1. The van der Waals surface area contributed by atoms with Crippen molar-refractivity contribution >= 4 is 11.7 Å². The quantitative estimate of drug-likeness (QED) is 0.915. The van der Waals surface area contributed by atoms with Crippen molar-refractivity contribution < 1.29 is 18.8 Å². The molecule has 1 N–H and O–H groups in total. The Bertz CT molecular complexity index is 755. The number of pyridine rings is 1. The highest BCUT2D eigenvalue weighted by molar-refractivity contribution is 5.91. The van der Waals surface area contributed by atoms with Gasteiger partial charge in [0, 0.05) is 18.2 Å². The summed E-state index contributed by atoms with van der Waals surface area (Å²) in [5.74, 6) is 1.48. The molecule has 0 aromatic carbocycles. The Hall–Kier alpha value is -2.77. The molecule has 0 unspecified atom stereocenters. The van der Waals surface area contributed by atoms with Gasteiger partial charge in [0.15, 0.2) is 0 Å². The van der Waals surface area contributed by atoms with E-state index in [1.165, 1.54) is 14.2 Å². The minimum Gasteiger partial charge on any atom is -0.481 e. The molecule has 2 amide bonds. The Labute approximate surface area is 146 Å². The van der Waals surface area contributed by atoms with Gasteiger partial charge >= 0.3 is 6.03 Å². The van der Waals surface area contributed by atoms with E-state index in [0.717, 1.165) is 29.9 Å². The van der Waals surface area contributed by atoms with Gasteiger partial charge in [-0.15, -0.1) is 0 Å². The molecule has 0 spiro atoms. The van der Waals surface area contributed by atoms with Crippen molar-refractivity contribution in [3.8, 4) is 11.8 Å². The molecular weight excluding hydrogens is 324 g/mol. The summed E-state index contributed by atoms with van der Waals surface area (Å²) in [5, 5.41) is 6.89. The molecule has 0 aliphatic carbocycles. The zero-order valence-corrected chi connectivity index (χ0v) is 14.8. The average molecular weight is 346 g/mol. The maximum Gasteiger partial charge on any atom is 0.322 e. The van der Waals surface area contributed by atoms with Crippen LogP contribution in [0.3, 0.4) is 0 Å². The number of amides is 2. The molecular formula is C17H22N4O4. The lowest BCUT2D eigenvalue weighted by Crippen LogP contribution is -2.35. The number of carbonyl (C=O) groups excluding carboxylic acids is 1. The summed E-state index contributed by atoms with van der Waals surface area (Å²) in [7, 11) is 3.03. The molecule has 1 fully saturated rings. The summed E-state index contributed by atoms with van der Waals surface area (Å²) < 4.78 is 15.6. The predicted molar refractivity (Wildman–Crippen MR) is 91.0 cm³/mol. The molecule has 0 saturated carbocycles. The van der Waals surface area contributed by atoms with E-state index < -0.39 is 0 Å². The zero-order chi connectivity index (χ0) is 18.0. The van der Waals surface area contributed by atoms with Gasteiger partial charge in [0.05, 0.1) is 26.0 Å². The standard InChI is InChI=1S/C17H22N4O4/c1-10-15(11(2)25-20-10)13-6-5-9-21(13)17(22)18-12-7-8-14(23-3)19-16(12)24-4/h7-8,13H,5-6,9H2,1-4H3,(H,18,22)/t13-/m0/s1. The van der Waals surface area contributed by atoms with Crippen LogP contribution in [-0.2, 0) is 0 Å². The van der Waals surface area contributed by atoms with Crippen LogP contribution in [0.15, 0.2) is 16.7 Å². The molecule has 3 heterocycles. The van der Waals surface area contributed by atoms with Gasteiger partial charge in [-0.25, -0.2) is 4.79 Å². The van der Waals surface area contributed by atoms with E-state index in [0.29, 0.717) is 24.0 Å². The van der Waals surface area contributed by atoms with Crippen LogP contribution < -0.4 is 14.8 Å². The number of anilines is 1. The van der Waals surface area contributed by atoms with Crippen LogP contribution in [0.2, 0.25) is 0 Å². The number of hydrogen-bond acceptors (Lipinski definition) is 6. The van der Waals surface area contributed by atoms with Crippen LogP contribution in [0, 0.1) is 13.8 Å². The Morgan fingerprint density at radius 3 is 2.76 bits per heavy atom. The summed E-state index contributed by atoms with van der Waals surface area (Å²) in [6, 6.07) is 3.15. The van der Waals surface area contributed by atoms with Crippen LogP contribution in [-0.4, -0.2) is 41.8 Å². The number of urea groups is 1. The number of nitrogens with zero attached hydrogens (tertiary/aromatic N) is 3. The van der Waals surface area contributed by atoms with Crippen LogP contribution in [0.25, 0.3) is 0 Å². The third-order valence-electron chi connectivity index (χ3n) is 4.41. The summed E-state index contributed by atoms with van der Waals surface area (Å²) in [6.45, 7) is 4.45. The number of methoxy groups -OCH3 is 2. The fourth-order valence-electron chi connectivity index (χ4n) is 3.25. The van der Waals surface area contributed by atoms with E-state index in [1.54, 1.807) is 17.0 Å². The van der Waals surface area contributed by atoms with Gasteiger partial charge in [-0.1, -0.05) is 5.16 Å². The Balaban J connectivity index is 1.81. The van der Waals surface area contributed by atoms with Crippen LogP contribution in [0.5, 0.6) is 11.8 Å². The molecule has 8 nitrogen and oxygen atoms in total. The van der Waals surface area contributed by atoms with Gasteiger partial charge in [0.2, 0.25) is 11.8 Å². The molecule has 0 radical (unpaired) electrons. The molecule has 0 bridgehead atoms. The maximum atomic E-state index is 12.8. The number of aryl methyl sites for hydroxylation is 2. The van der Waals surface area contributed by atoms with Gasteiger partial charge in [0.1, 0.15) is 11.4 Å². The van der Waals surface area contributed by atoms with Crippen molar-refractivity contribution in [1.29, 1.82) is 0 Å². The smallest absolute Gasteiger partial charge is 0.322 e. The van der Waals surface area contributed by atoms with Crippen molar-refractivity contribution in [2.24, 2.45) is 0 Å². The van der Waals surface area contributed by atoms with Gasteiger partial charge < -0.3 is 24.2 Å². The summed E-state index contributed by atoms with van der Waals surface area (Å²) in [4.78, 5) is 18.8. The lowest BCUT2D eigenvalue weighted by Gasteiger charge is -2.25. The Morgan fingerprint density at radius 2 is 2.12 bits per heavy atom. The molecule has 1 atom stereocenters. The van der Waals surface area contributed by atoms with Gasteiger partial charge in [-0.05, 0) is 32.8 Å². The molecule has 2 aromatic rings. The Kier molecular flexibility index (Phi) is 4.78. The first-order valence-corrected chi connectivity index (χ1v) is 8.14. The minimum absolute atomic E-state index is 0.0385. The summed E-state index contributed by atoms with van der Waals surface area (Å²) in [5.41, 5.74) is 2.32. The van der Waals surface area contributed by atoms with E-state index in [9.17, 15) is 4.79 Å². The fourth-order valence-corrected chi connectivity index (χ4v) is 3.25. The number of hydrogen-bond donors (Lipinski definition) is 1. The second-order valence-electron chi connectivity index (χ2n) is 5.93. The van der Waals surface area contributed by atoms with E-state index in [2.05, 4.69) is 15.5 Å². The average Bonchev–Trinajstić information content (AvgIpc) is 3.21. The molecule has 1 saturated heterocycles. The van der Waals surface area contributed by atoms with E-state index in [1.807, 2.05) is 13.8 Å². The molecule has 3 rings (SSSR count). The van der Waals surface area contributed by atoms with Crippen molar-refractivity contribution in [1.82, 2.24) is 15.0 Å². The summed E-state index contributed by atoms with van der Waals surface area (Å²) >= 11 is 0. The molecule has 8 heteroatoms. The van der Waals surface area contributed by atoms with Crippen LogP contribution in [0.4, 0.5) is 10.5 Å². The molecule has 1 aliphatic rings. The van der Waals surface area contributed by atoms with Gasteiger partial charge in [-0.3, -0.25) is 0 Å². The predicted octanol–water partition coefficient (Wildman–Crippen LogP) is 3.07. The molecule has 25 heavy (non-hydrogen) atoms. The highest BCUT2D eigenvalue weighted by atomic mass is 16.5. The number of ether oxygens (including phenoxy) is 2. The second kappa shape index (κ2) is 7.00. The number of nitrogens with one attached hydrogen (secondary N) is 1. The van der Waals surface area contributed by atoms with Crippen LogP contribution >= 0.6 is 0 Å². The highest BCUT2D eigenvalue weighted by Crippen LogP contribution is 2.36. The van der Waals surface area contributed by atoms with Gasteiger partial charge in [-0.2, -0.15) is 4.98 Å². The lowest BCUT2D eigenvalue weighted by atomic mass is 10.0. The molecule has 134 valence electrons. The molecule has 1 aliphatic heterocycles. The van der Waals surface area contributed by atoms with Gasteiger partial charge in [0.25, 0.3) is 0 Å². The SMILES string of the molecule is COc1ccc(NC(=O)N2CCC[C@H]2c2c(C)noc2C)c(OC)n1. The van der Waals surface area contributed by atoms with Crippen molar-refractivity contribution in [3.05, 3.63) is 29.2 Å². The first-order chi connectivity index (χ1) is 12.0. The summed E-state index contributed by atoms with van der Waals surface area (Å²) in [6.07, 6.45) is 1.81.